The number of likely N-dealkylation sites (tertiary alicyclic amines) is 1. The molecule has 6 N–H and O–H groups in total. The van der Waals surface area contributed by atoms with Crippen molar-refractivity contribution < 1.29 is 70.4 Å². The van der Waals surface area contributed by atoms with Crippen LogP contribution in [0.2, 0.25) is 15.1 Å². The molecule has 0 unspecified atom stereocenters. The summed E-state index contributed by atoms with van der Waals surface area (Å²) < 4.78 is 49.7. The van der Waals surface area contributed by atoms with E-state index in [-0.39, 0.29) is 37.7 Å². The summed E-state index contributed by atoms with van der Waals surface area (Å²) in [6, 6.07) is 37.8. The quantitative estimate of drug-likeness (QED) is 0.0346. The predicted octanol–water partition coefficient (Wildman–Crippen LogP) is 17.6. The number of hydrogen-bond donors (Lipinski definition) is 6. The van der Waals surface area contributed by atoms with Gasteiger partial charge in [-0.25, -0.2) is 59.0 Å². The number of aromatic nitrogens is 6. The summed E-state index contributed by atoms with van der Waals surface area (Å²) in [4.78, 5) is 121. The van der Waals surface area contributed by atoms with Crippen LogP contribution in [-0.4, -0.2) is 166 Å². The number of nitrogens with one attached hydrogen (secondary N) is 6. The fourth-order valence-electron chi connectivity index (χ4n) is 14.9. The van der Waals surface area contributed by atoms with Crippen LogP contribution in [0.15, 0.2) is 184 Å². The first-order valence-electron chi connectivity index (χ1n) is 39.5. The van der Waals surface area contributed by atoms with Gasteiger partial charge in [0.25, 0.3) is 17.7 Å². The van der Waals surface area contributed by atoms with Crippen molar-refractivity contribution in [1.82, 2.24) is 49.9 Å². The Morgan fingerprint density at radius 2 is 0.856 bits per heavy atom. The third-order valence-electron chi connectivity index (χ3n) is 21.2. The van der Waals surface area contributed by atoms with Crippen molar-refractivity contribution in [2.24, 2.45) is 0 Å². The average Bonchev–Trinajstić information content (AvgIpc) is 1.61. The molecule has 0 aliphatic carbocycles. The van der Waals surface area contributed by atoms with Gasteiger partial charge in [0.15, 0.2) is 17.5 Å². The third-order valence-corrected chi connectivity index (χ3v) is 25.3. The number of carbonyl (C=O) groups excluding carboxylic acids is 6. The van der Waals surface area contributed by atoms with E-state index in [1.165, 1.54) is 67.7 Å². The van der Waals surface area contributed by atoms with Gasteiger partial charge < -0.3 is 78.5 Å². The van der Waals surface area contributed by atoms with E-state index in [0.717, 1.165) is 89.5 Å². The van der Waals surface area contributed by atoms with Crippen LogP contribution in [0.3, 0.4) is 0 Å². The molecule has 0 spiro atoms. The van der Waals surface area contributed by atoms with E-state index in [0.29, 0.717) is 177 Å². The number of furan rings is 3. The number of amides is 9. The number of urea groups is 3. The van der Waals surface area contributed by atoms with Crippen molar-refractivity contribution in [3.05, 3.63) is 229 Å². The van der Waals surface area contributed by atoms with Crippen LogP contribution in [0.4, 0.5) is 77.3 Å². The number of piperidine rings is 1. The molecule has 125 heavy (non-hydrogen) atoms. The number of hydrogen-bond acceptors (Lipinski definition) is 27. The first-order valence-corrected chi connectivity index (χ1v) is 43.1. The van der Waals surface area contributed by atoms with Crippen molar-refractivity contribution in [3.8, 4) is 23.0 Å². The van der Waals surface area contributed by atoms with Crippen molar-refractivity contribution >= 4 is 198 Å². The molecular formula is C86H75Cl3N18O15S3. The van der Waals surface area contributed by atoms with Crippen LogP contribution in [0.1, 0.15) is 70.3 Å². The summed E-state index contributed by atoms with van der Waals surface area (Å²) in [5, 5.41) is 20.3. The second kappa shape index (κ2) is 36.9. The number of benzene rings is 5. The molecule has 6 aliphatic rings. The van der Waals surface area contributed by atoms with Gasteiger partial charge in [-0.2, -0.15) is 0 Å². The van der Waals surface area contributed by atoms with Gasteiger partial charge in [-0.1, -0.05) is 53.0 Å². The van der Waals surface area contributed by atoms with Crippen LogP contribution < -0.4 is 65.5 Å². The molecule has 33 nitrogen and oxygen atoms in total. The van der Waals surface area contributed by atoms with E-state index in [4.69, 9.17) is 76.5 Å². The van der Waals surface area contributed by atoms with E-state index < -0.39 is 24.0 Å². The summed E-state index contributed by atoms with van der Waals surface area (Å²) in [5.41, 5.74) is 6.00. The predicted molar refractivity (Wildman–Crippen MR) is 475 cm³/mol. The molecule has 39 heteroatoms. The molecule has 6 aliphatic heterocycles. The van der Waals surface area contributed by atoms with Crippen LogP contribution >= 0.6 is 68.8 Å². The normalized spacial score (nSPS) is 15.3. The molecule has 0 radical (unpaired) electrons. The number of carbonyl (C=O) groups is 6. The summed E-state index contributed by atoms with van der Waals surface area (Å²) in [6.45, 7) is 10.5. The minimum absolute atomic E-state index is 0.0955. The number of morpholine rings is 2. The Hall–Kier alpha value is -12.9. The van der Waals surface area contributed by atoms with Crippen molar-refractivity contribution in [1.29, 1.82) is 0 Å². The Balaban J connectivity index is 0.000000128. The van der Waals surface area contributed by atoms with E-state index in [1.807, 2.05) is 36.4 Å². The van der Waals surface area contributed by atoms with Crippen molar-refractivity contribution in [2.75, 3.05) is 121 Å². The molecule has 3 saturated heterocycles. The summed E-state index contributed by atoms with van der Waals surface area (Å²) in [6.07, 6.45) is 10.6. The highest BCUT2D eigenvalue weighted by atomic mass is 35.5. The van der Waals surface area contributed by atoms with E-state index in [1.54, 1.807) is 123 Å². The highest BCUT2D eigenvalue weighted by Gasteiger charge is 2.39. The summed E-state index contributed by atoms with van der Waals surface area (Å²) >= 11 is 23.1. The maximum Gasteiger partial charge on any atom is 0.332 e. The lowest BCUT2D eigenvalue weighted by Crippen LogP contribution is -2.43. The minimum atomic E-state index is -0.496. The number of nitrogens with zero attached hydrogens (tertiary/aromatic N) is 12. The average molecular weight is 1800 g/mol. The van der Waals surface area contributed by atoms with E-state index >= 15 is 0 Å². The first kappa shape index (κ1) is 83.1. The van der Waals surface area contributed by atoms with Gasteiger partial charge in [-0.15, -0.1) is 34.0 Å². The van der Waals surface area contributed by atoms with Crippen LogP contribution in [0.25, 0.3) is 30.6 Å². The minimum Gasteiger partial charge on any atom is -0.496 e. The molecule has 9 aromatic heterocycles. The lowest BCUT2D eigenvalue weighted by atomic mass is 10.1. The number of rotatable bonds is 23. The molecule has 14 aromatic rings. The topological polar surface area (TPSA) is 366 Å². The molecule has 3 fully saturated rings. The molecule has 0 saturated carbocycles. The van der Waals surface area contributed by atoms with Crippen molar-refractivity contribution in [2.45, 2.75) is 51.8 Å². The summed E-state index contributed by atoms with van der Waals surface area (Å²) in [5.74, 6) is 4.10. The number of anilines is 11. The first-order chi connectivity index (χ1) is 61.0. The lowest BCUT2D eigenvalue weighted by molar-refractivity contribution is 0.0338. The van der Waals surface area contributed by atoms with E-state index in [9.17, 15) is 28.8 Å². The molecule has 15 heterocycles. The standard InChI is InChI=1S/C31H27ClN6O6S.C30H25ClN6O5S.C25H23ClN6O4S/c1-41-24-13-19(5-4-18(24)15-37-8-11-42-12-9-37)35-29(39)27-26-25-28(33-17-34-30(25)45-27)38(31(40)36-26)20-6-7-23(22(32)14-20)44-16-21-3-2-10-43-21;31-22-14-20(7-8-23(22)42-16-21-2-1-11-41-21)37-27-24-25(35-30(37)39)26(43-29(24)33-17-32-27)28(38)34-19-5-3-18(4-6-19)15-36-9-12-40-13-10-36;1-31-8-6-14(7-9-31)29-23(33)21-20-19-22(27-13-28-24(19)37-21)32(25(34)30-20)15-4-5-18(17(26)11-15)36-12-16-3-2-10-35-16/h2-7,10,13-14,17H,8-9,11-12,15-16H2,1H3,(H,35,39)(H,36,40);1-8,11,14,17H,9-10,12-13,15-16H2,(H,34,38)(H,35,39);2-5,10-11,13-14H,6-9,12H2,1H3,(H,29,33)(H,30,34). The third kappa shape index (κ3) is 18.0. The van der Waals surface area contributed by atoms with Crippen LogP contribution in [0, 0.1) is 0 Å². The van der Waals surface area contributed by atoms with Gasteiger partial charge in [0.05, 0.1) is 118 Å². The zero-order valence-corrected chi connectivity index (χ0v) is 71.3. The number of halogens is 3. The summed E-state index contributed by atoms with van der Waals surface area (Å²) in [7, 11) is 3.68. The van der Waals surface area contributed by atoms with Gasteiger partial charge in [0.1, 0.15) is 108 Å². The zero-order chi connectivity index (χ0) is 85.8. The van der Waals surface area contributed by atoms with Gasteiger partial charge in [-0.05, 0) is 148 Å². The smallest absolute Gasteiger partial charge is 0.332 e. The number of thiophene rings is 3. The molecule has 5 aromatic carbocycles. The molecule has 0 bridgehead atoms. The Bertz CT molecular complexity index is 6380. The molecule has 9 amide bonds. The number of methoxy groups -OCH3 is 1. The van der Waals surface area contributed by atoms with Gasteiger partial charge in [0, 0.05) is 68.3 Å². The maximum atomic E-state index is 13.6. The lowest BCUT2D eigenvalue weighted by Gasteiger charge is -2.30. The largest absolute Gasteiger partial charge is 0.496 e. The second-order valence-corrected chi connectivity index (χ2v) is 33.5. The molecule has 638 valence electrons. The van der Waals surface area contributed by atoms with E-state index in [2.05, 4.69) is 83.6 Å². The Kier molecular flexibility index (Phi) is 24.5. The van der Waals surface area contributed by atoms with Crippen molar-refractivity contribution in [3.63, 3.8) is 0 Å². The molecule has 0 atom stereocenters. The van der Waals surface area contributed by atoms with Crippen LogP contribution in [-0.2, 0) is 42.4 Å². The molecule has 20 rings (SSSR count). The fourth-order valence-corrected chi connectivity index (χ4v) is 18.6. The highest BCUT2D eigenvalue weighted by Crippen LogP contribution is 2.50. The monoisotopic (exact) mass is 1800 g/mol. The van der Waals surface area contributed by atoms with Gasteiger partial charge >= 0.3 is 18.1 Å². The second-order valence-electron chi connectivity index (χ2n) is 29.3. The highest BCUT2D eigenvalue weighted by molar-refractivity contribution is 7.22. The maximum absolute atomic E-state index is 13.6. The van der Waals surface area contributed by atoms with Gasteiger partial charge in [0.2, 0.25) is 0 Å². The zero-order valence-electron chi connectivity index (χ0n) is 66.6. The Morgan fingerprint density at radius 3 is 1.25 bits per heavy atom. The van der Waals surface area contributed by atoms with Gasteiger partial charge in [-0.3, -0.25) is 24.2 Å². The Labute approximate surface area is 739 Å². The van der Waals surface area contributed by atoms with Crippen LogP contribution in [0.5, 0.6) is 23.0 Å². The SMILES string of the molecule is CN1CCC(NC(=O)c2sc3ncnc4c3c2NC(=O)N4c2ccc(OCc3ccco3)c(Cl)c2)CC1.COc1cc(NC(=O)c2sc3ncnc4c3c2NC(=O)N4c2ccc(OCc3ccco3)c(Cl)c2)ccc1CN1CCOCC1.O=C(Nc1ccc(CN2CCOCC2)cc1)c1sc2ncnc3c2c1NC(=O)N3c1ccc(OCc2ccco2)c(Cl)c1. The fraction of sp³-hybridized carbons (Fsp3) is 0.233. The number of ether oxygens (including phenoxy) is 6. The molecular weight excluding hydrogens is 1730 g/mol. The Morgan fingerprint density at radius 1 is 0.464 bits per heavy atom.